The Morgan fingerprint density at radius 3 is 2.15 bits per heavy atom. The Labute approximate surface area is 248 Å². The molecule has 3 N–H and O–H groups in total. The first-order valence-corrected chi connectivity index (χ1v) is 16.5. The van der Waals surface area contributed by atoms with Crippen LogP contribution in [0.2, 0.25) is 0 Å². The molecule has 1 aliphatic heterocycles. The number of ether oxygens (including phenoxy) is 2. The predicted molar refractivity (Wildman–Crippen MR) is 160 cm³/mol. The predicted octanol–water partition coefficient (Wildman–Crippen LogP) is 6.36. The van der Waals surface area contributed by atoms with Crippen LogP contribution in [-0.2, 0) is 23.9 Å². The maximum atomic E-state index is 13.6. The second-order valence-corrected chi connectivity index (χ2v) is 14.3. The lowest BCUT2D eigenvalue weighted by Gasteiger charge is -2.45. The summed E-state index contributed by atoms with van der Waals surface area (Å²) in [7, 11) is 0. The first kappa shape index (κ1) is 33.8. The number of unbranched alkanes of at least 4 members (excludes halogenated alkanes) is 7. The van der Waals surface area contributed by atoms with Crippen molar-refractivity contribution in [2.24, 2.45) is 22.7 Å². The fourth-order valence-electron chi connectivity index (χ4n) is 6.98. The lowest BCUT2D eigenvalue weighted by atomic mass is 9.64. The molecular weight excluding hydrogens is 520 g/mol. The zero-order valence-corrected chi connectivity index (χ0v) is 26.5. The van der Waals surface area contributed by atoms with Gasteiger partial charge in [-0.1, -0.05) is 91.4 Å². The Morgan fingerprint density at radius 1 is 0.902 bits per heavy atom. The molecule has 0 radical (unpaired) electrons. The van der Waals surface area contributed by atoms with Crippen LogP contribution in [0.1, 0.15) is 137 Å². The molecule has 4 unspecified atom stereocenters. The summed E-state index contributed by atoms with van der Waals surface area (Å²) in [5, 5.41) is 16.5. The summed E-state index contributed by atoms with van der Waals surface area (Å²) in [6.45, 7) is 10.0. The normalized spacial score (nSPS) is 27.3. The topological polar surface area (TPSA) is 114 Å². The van der Waals surface area contributed by atoms with Crippen LogP contribution in [0.15, 0.2) is 0 Å². The minimum Gasteiger partial charge on any atom is -0.481 e. The standard InChI is InChI=1S/C33H58N2O6/c1-6-7-8-9-10-11-12-15-19-33(20-16-21-33)30(39)35-26-18-14-13-17-24(26)25(29(37)38)22-34-28(36)27-31(2,3)23-40-32(4,5)41-27/h24-27H,6-23H2,1-5H3,(H,34,36)(H,35,39)(H,37,38). The molecule has 41 heavy (non-hydrogen) atoms. The second kappa shape index (κ2) is 15.2. The minimum atomic E-state index is -0.929. The van der Waals surface area contributed by atoms with Crippen LogP contribution in [0.4, 0.5) is 0 Å². The van der Waals surface area contributed by atoms with Gasteiger partial charge in [0.2, 0.25) is 11.8 Å². The van der Waals surface area contributed by atoms with Gasteiger partial charge >= 0.3 is 5.97 Å². The molecule has 0 aromatic carbocycles. The third kappa shape index (κ3) is 9.41. The number of hydrogen-bond donors (Lipinski definition) is 3. The highest BCUT2D eigenvalue weighted by molar-refractivity contribution is 5.84. The van der Waals surface area contributed by atoms with Gasteiger partial charge in [-0.3, -0.25) is 14.4 Å². The van der Waals surface area contributed by atoms with E-state index in [1.165, 1.54) is 44.9 Å². The van der Waals surface area contributed by atoms with Gasteiger partial charge in [-0.15, -0.1) is 0 Å². The van der Waals surface area contributed by atoms with Crippen molar-refractivity contribution in [1.29, 1.82) is 0 Å². The molecule has 1 heterocycles. The zero-order valence-electron chi connectivity index (χ0n) is 26.5. The summed E-state index contributed by atoms with van der Waals surface area (Å²) >= 11 is 0. The highest BCUT2D eigenvalue weighted by atomic mass is 16.7. The second-order valence-electron chi connectivity index (χ2n) is 14.3. The smallest absolute Gasteiger partial charge is 0.308 e. The first-order chi connectivity index (χ1) is 19.4. The Hall–Kier alpha value is -1.67. The van der Waals surface area contributed by atoms with E-state index >= 15 is 0 Å². The molecule has 236 valence electrons. The summed E-state index contributed by atoms with van der Waals surface area (Å²) in [5.74, 6) is -2.99. The Balaban J connectivity index is 1.56. The number of carbonyl (C=O) groups excluding carboxylic acids is 2. The van der Waals surface area contributed by atoms with E-state index in [0.717, 1.165) is 57.8 Å². The fraction of sp³-hybridized carbons (Fsp3) is 0.909. The summed E-state index contributed by atoms with van der Waals surface area (Å²) < 4.78 is 11.7. The van der Waals surface area contributed by atoms with E-state index in [0.29, 0.717) is 6.61 Å². The van der Waals surface area contributed by atoms with Gasteiger partial charge in [0.15, 0.2) is 5.79 Å². The summed E-state index contributed by atoms with van der Waals surface area (Å²) in [4.78, 5) is 39.3. The monoisotopic (exact) mass is 578 g/mol. The van der Waals surface area contributed by atoms with Gasteiger partial charge in [-0.05, 0) is 51.9 Å². The maximum Gasteiger partial charge on any atom is 0.308 e. The minimum absolute atomic E-state index is 0.0197. The van der Waals surface area contributed by atoms with Crippen molar-refractivity contribution in [2.75, 3.05) is 13.2 Å². The van der Waals surface area contributed by atoms with Gasteiger partial charge in [-0.25, -0.2) is 0 Å². The number of aliphatic carboxylic acids is 1. The van der Waals surface area contributed by atoms with Gasteiger partial charge in [0.05, 0.1) is 12.5 Å². The van der Waals surface area contributed by atoms with Crippen molar-refractivity contribution >= 4 is 17.8 Å². The molecular formula is C33H58N2O6. The van der Waals surface area contributed by atoms with Crippen LogP contribution < -0.4 is 10.6 Å². The van der Waals surface area contributed by atoms with Crippen LogP contribution in [0, 0.1) is 22.7 Å². The van der Waals surface area contributed by atoms with Crippen LogP contribution in [-0.4, -0.2) is 54.0 Å². The van der Waals surface area contributed by atoms with Crippen LogP contribution in [0.5, 0.6) is 0 Å². The summed E-state index contributed by atoms with van der Waals surface area (Å²) in [5.41, 5.74) is -0.818. The molecule has 8 nitrogen and oxygen atoms in total. The number of hydrogen-bond acceptors (Lipinski definition) is 5. The molecule has 4 atom stereocenters. The molecule has 1 saturated heterocycles. The molecule has 2 saturated carbocycles. The van der Waals surface area contributed by atoms with Crippen molar-refractivity contribution in [1.82, 2.24) is 10.6 Å². The van der Waals surface area contributed by atoms with E-state index < -0.39 is 29.2 Å². The molecule has 0 aromatic rings. The summed E-state index contributed by atoms with van der Waals surface area (Å²) in [6, 6.07) is -0.181. The van der Waals surface area contributed by atoms with Crippen molar-refractivity contribution in [3.05, 3.63) is 0 Å². The van der Waals surface area contributed by atoms with Gasteiger partial charge in [0.1, 0.15) is 6.10 Å². The largest absolute Gasteiger partial charge is 0.481 e. The molecule has 0 spiro atoms. The van der Waals surface area contributed by atoms with Crippen molar-refractivity contribution < 1.29 is 29.0 Å². The van der Waals surface area contributed by atoms with E-state index in [1.807, 2.05) is 13.8 Å². The lowest BCUT2D eigenvalue weighted by Crippen LogP contribution is -2.58. The van der Waals surface area contributed by atoms with E-state index in [4.69, 9.17) is 9.47 Å². The average molecular weight is 579 g/mol. The Bertz CT molecular complexity index is 868. The van der Waals surface area contributed by atoms with E-state index in [9.17, 15) is 19.5 Å². The highest BCUT2D eigenvalue weighted by Gasteiger charge is 2.48. The molecule has 2 aliphatic carbocycles. The number of nitrogens with one attached hydrogen (secondary N) is 2. The van der Waals surface area contributed by atoms with Crippen molar-refractivity contribution in [3.63, 3.8) is 0 Å². The number of carbonyl (C=O) groups is 3. The quantitative estimate of drug-likeness (QED) is 0.184. The molecule has 3 rings (SSSR count). The van der Waals surface area contributed by atoms with Gasteiger partial charge in [0, 0.05) is 23.4 Å². The molecule has 0 bridgehead atoms. The fourth-order valence-corrected chi connectivity index (χ4v) is 6.98. The molecule has 3 fully saturated rings. The number of carboxylic acid groups (broad SMARTS) is 1. The molecule has 8 heteroatoms. The molecule has 0 aromatic heterocycles. The van der Waals surface area contributed by atoms with Crippen LogP contribution >= 0.6 is 0 Å². The molecule has 2 amide bonds. The van der Waals surface area contributed by atoms with Crippen LogP contribution in [0.3, 0.4) is 0 Å². The molecule has 3 aliphatic rings. The highest BCUT2D eigenvalue weighted by Crippen LogP contribution is 2.46. The number of rotatable bonds is 16. The number of amides is 2. The number of carboxylic acids is 1. The van der Waals surface area contributed by atoms with E-state index in [-0.39, 0.29) is 35.7 Å². The average Bonchev–Trinajstić information content (AvgIpc) is 2.89. The van der Waals surface area contributed by atoms with E-state index in [2.05, 4.69) is 17.6 Å². The summed E-state index contributed by atoms with van der Waals surface area (Å²) in [6.07, 6.45) is 16.6. The van der Waals surface area contributed by atoms with Gasteiger partial charge in [-0.2, -0.15) is 0 Å². The van der Waals surface area contributed by atoms with Crippen molar-refractivity contribution in [3.8, 4) is 0 Å². The third-order valence-corrected chi connectivity index (χ3v) is 9.91. The lowest BCUT2D eigenvalue weighted by molar-refractivity contribution is -0.304. The Morgan fingerprint density at radius 2 is 1.54 bits per heavy atom. The van der Waals surface area contributed by atoms with Crippen molar-refractivity contribution in [2.45, 2.75) is 155 Å². The van der Waals surface area contributed by atoms with Gasteiger partial charge in [0.25, 0.3) is 0 Å². The third-order valence-electron chi connectivity index (χ3n) is 9.91. The van der Waals surface area contributed by atoms with Crippen LogP contribution in [0.25, 0.3) is 0 Å². The zero-order chi connectivity index (χ0) is 30.1. The Kier molecular flexibility index (Phi) is 12.5. The first-order valence-electron chi connectivity index (χ1n) is 16.5. The maximum absolute atomic E-state index is 13.6. The van der Waals surface area contributed by atoms with E-state index in [1.54, 1.807) is 13.8 Å². The SMILES string of the molecule is CCCCCCCCCCC1(C(=O)NC2CCCCC2C(CNC(=O)C2OC(C)(C)OCC2(C)C)C(=O)O)CCC1. The van der Waals surface area contributed by atoms with Gasteiger partial charge < -0.3 is 25.2 Å².